The molecule has 0 amide bonds. The molecule has 156 valence electrons. The standard InChI is InChI=1S/C23H24N2O4S/c1-23(26,14-24-13-16-6-8-18(27-2)9-7-16)15-28-19-5-3-4-17(12-19)21-22-20(29-25-21)10-11-30-22/h3-12,24,26H,13-15H2,1-2H3. The maximum atomic E-state index is 10.7. The van der Waals surface area contributed by atoms with Crippen LogP contribution >= 0.6 is 11.3 Å². The Kier molecular flexibility index (Phi) is 6.03. The number of fused-ring (bicyclic) bond motifs is 1. The van der Waals surface area contributed by atoms with Gasteiger partial charge in [-0.05, 0) is 48.2 Å². The van der Waals surface area contributed by atoms with Crippen molar-refractivity contribution in [2.75, 3.05) is 20.3 Å². The van der Waals surface area contributed by atoms with E-state index in [0.29, 0.717) is 18.8 Å². The van der Waals surface area contributed by atoms with Gasteiger partial charge in [-0.2, -0.15) is 0 Å². The summed E-state index contributed by atoms with van der Waals surface area (Å²) in [5.41, 5.74) is 2.61. The molecule has 4 aromatic rings. The Morgan fingerprint density at radius 3 is 2.77 bits per heavy atom. The number of hydrogen-bond donors (Lipinski definition) is 2. The third-order valence-electron chi connectivity index (χ3n) is 4.73. The van der Waals surface area contributed by atoms with Gasteiger partial charge in [0.1, 0.15) is 34.1 Å². The molecule has 2 aromatic carbocycles. The summed E-state index contributed by atoms with van der Waals surface area (Å²) < 4.78 is 17.4. The molecule has 4 rings (SSSR count). The summed E-state index contributed by atoms with van der Waals surface area (Å²) in [6.07, 6.45) is 0. The van der Waals surface area contributed by atoms with Gasteiger partial charge >= 0.3 is 0 Å². The summed E-state index contributed by atoms with van der Waals surface area (Å²) in [5, 5.41) is 20.1. The molecular weight excluding hydrogens is 400 g/mol. The lowest BCUT2D eigenvalue weighted by Crippen LogP contribution is -2.42. The number of methoxy groups -OCH3 is 1. The van der Waals surface area contributed by atoms with Gasteiger partial charge in [-0.25, -0.2) is 0 Å². The molecule has 0 bridgehead atoms. The fourth-order valence-electron chi connectivity index (χ4n) is 3.10. The van der Waals surface area contributed by atoms with Gasteiger partial charge in [-0.15, -0.1) is 11.3 Å². The molecule has 0 aliphatic carbocycles. The van der Waals surface area contributed by atoms with Gasteiger partial charge in [0.05, 0.1) is 7.11 Å². The second-order valence-corrected chi connectivity index (χ2v) is 8.33. The normalized spacial score (nSPS) is 13.3. The summed E-state index contributed by atoms with van der Waals surface area (Å²) in [7, 11) is 1.65. The molecule has 2 N–H and O–H groups in total. The van der Waals surface area contributed by atoms with E-state index in [1.165, 1.54) is 0 Å². The summed E-state index contributed by atoms with van der Waals surface area (Å²) in [6, 6.07) is 17.4. The number of nitrogens with zero attached hydrogens (tertiary/aromatic N) is 1. The van der Waals surface area contributed by atoms with Crippen LogP contribution in [0.25, 0.3) is 21.5 Å². The topological polar surface area (TPSA) is 76.8 Å². The van der Waals surface area contributed by atoms with Gasteiger partial charge in [0, 0.05) is 18.7 Å². The monoisotopic (exact) mass is 424 g/mol. The van der Waals surface area contributed by atoms with Crippen molar-refractivity contribution in [3.05, 3.63) is 65.5 Å². The number of nitrogens with one attached hydrogen (secondary N) is 1. The van der Waals surface area contributed by atoms with Crippen LogP contribution in [-0.4, -0.2) is 36.1 Å². The zero-order chi connectivity index (χ0) is 21.0. The van der Waals surface area contributed by atoms with Gasteiger partial charge in [0.15, 0.2) is 5.58 Å². The number of rotatable bonds is 9. The lowest BCUT2D eigenvalue weighted by Gasteiger charge is -2.24. The number of hydrogen-bond acceptors (Lipinski definition) is 7. The molecule has 1 atom stereocenters. The molecule has 2 heterocycles. The number of benzene rings is 2. The average Bonchev–Trinajstić information content (AvgIpc) is 3.37. The van der Waals surface area contributed by atoms with Gasteiger partial charge in [-0.3, -0.25) is 0 Å². The first-order chi connectivity index (χ1) is 14.5. The largest absolute Gasteiger partial charge is 0.497 e. The summed E-state index contributed by atoms with van der Waals surface area (Å²) in [6.45, 7) is 2.97. The van der Waals surface area contributed by atoms with Crippen molar-refractivity contribution in [3.63, 3.8) is 0 Å². The van der Waals surface area contributed by atoms with E-state index >= 15 is 0 Å². The van der Waals surface area contributed by atoms with E-state index in [4.69, 9.17) is 14.0 Å². The maximum absolute atomic E-state index is 10.7. The van der Waals surface area contributed by atoms with E-state index in [0.717, 1.165) is 32.9 Å². The molecule has 0 aliphatic heterocycles. The van der Waals surface area contributed by atoms with Crippen LogP contribution < -0.4 is 14.8 Å². The molecule has 7 heteroatoms. The summed E-state index contributed by atoms with van der Waals surface area (Å²) in [4.78, 5) is 0. The minimum absolute atomic E-state index is 0.166. The summed E-state index contributed by atoms with van der Waals surface area (Å²) >= 11 is 1.60. The lowest BCUT2D eigenvalue weighted by atomic mass is 10.1. The van der Waals surface area contributed by atoms with Crippen molar-refractivity contribution in [3.8, 4) is 22.8 Å². The van der Waals surface area contributed by atoms with Crippen LogP contribution in [0.15, 0.2) is 64.5 Å². The fraction of sp³-hybridized carbons (Fsp3) is 0.261. The number of ether oxygens (including phenoxy) is 2. The van der Waals surface area contributed by atoms with E-state index in [1.54, 1.807) is 25.4 Å². The van der Waals surface area contributed by atoms with Crippen molar-refractivity contribution in [1.82, 2.24) is 10.5 Å². The maximum Gasteiger partial charge on any atom is 0.178 e. The third kappa shape index (κ3) is 4.81. The molecule has 0 aliphatic rings. The molecule has 0 spiro atoms. The average molecular weight is 425 g/mol. The molecule has 0 radical (unpaired) electrons. The van der Waals surface area contributed by atoms with Crippen LogP contribution in [0.3, 0.4) is 0 Å². The predicted octanol–water partition coefficient (Wildman–Crippen LogP) is 4.48. The van der Waals surface area contributed by atoms with E-state index in [-0.39, 0.29) is 6.61 Å². The van der Waals surface area contributed by atoms with Crippen LogP contribution in [0.4, 0.5) is 0 Å². The smallest absolute Gasteiger partial charge is 0.178 e. The second kappa shape index (κ2) is 8.87. The quantitative estimate of drug-likeness (QED) is 0.412. The fourth-order valence-corrected chi connectivity index (χ4v) is 3.92. The van der Waals surface area contributed by atoms with Crippen LogP contribution in [0.5, 0.6) is 11.5 Å². The third-order valence-corrected chi connectivity index (χ3v) is 5.63. The van der Waals surface area contributed by atoms with E-state index in [2.05, 4.69) is 10.5 Å². The SMILES string of the molecule is COc1ccc(CNCC(C)(O)COc2cccc(-c3noc4ccsc34)c2)cc1. The Morgan fingerprint density at radius 2 is 1.97 bits per heavy atom. The van der Waals surface area contributed by atoms with Crippen LogP contribution in [0, 0.1) is 0 Å². The van der Waals surface area contributed by atoms with Gasteiger partial charge in [0.25, 0.3) is 0 Å². The number of aliphatic hydroxyl groups is 1. The highest BCUT2D eigenvalue weighted by atomic mass is 32.1. The molecule has 0 saturated heterocycles. The predicted molar refractivity (Wildman–Crippen MR) is 118 cm³/mol. The van der Waals surface area contributed by atoms with Gasteiger partial charge in [-0.1, -0.05) is 29.4 Å². The highest BCUT2D eigenvalue weighted by Crippen LogP contribution is 2.33. The Bertz CT molecular complexity index is 1100. The van der Waals surface area contributed by atoms with Crippen LogP contribution in [-0.2, 0) is 6.54 Å². The minimum atomic E-state index is -1.02. The molecule has 2 aromatic heterocycles. The van der Waals surface area contributed by atoms with Crippen molar-refractivity contribution >= 4 is 21.6 Å². The van der Waals surface area contributed by atoms with E-state index in [9.17, 15) is 5.11 Å². The van der Waals surface area contributed by atoms with Crippen molar-refractivity contribution in [2.24, 2.45) is 0 Å². The Hall–Kier alpha value is -2.87. The van der Waals surface area contributed by atoms with E-state index in [1.807, 2.05) is 60.0 Å². The van der Waals surface area contributed by atoms with Crippen molar-refractivity contribution in [1.29, 1.82) is 0 Å². The van der Waals surface area contributed by atoms with Gasteiger partial charge < -0.3 is 24.4 Å². The van der Waals surface area contributed by atoms with E-state index < -0.39 is 5.60 Å². The first kappa shape index (κ1) is 20.4. The second-order valence-electron chi connectivity index (χ2n) is 7.41. The van der Waals surface area contributed by atoms with Crippen LogP contribution in [0.1, 0.15) is 12.5 Å². The molecule has 0 fully saturated rings. The highest BCUT2D eigenvalue weighted by molar-refractivity contribution is 7.17. The van der Waals surface area contributed by atoms with Gasteiger partial charge in [0.2, 0.25) is 0 Å². The Morgan fingerprint density at radius 1 is 1.13 bits per heavy atom. The Labute approximate surface area is 179 Å². The number of thiophene rings is 1. The van der Waals surface area contributed by atoms with Crippen molar-refractivity contribution in [2.45, 2.75) is 19.1 Å². The highest BCUT2D eigenvalue weighted by Gasteiger charge is 2.21. The zero-order valence-electron chi connectivity index (χ0n) is 16.9. The molecule has 30 heavy (non-hydrogen) atoms. The number of aromatic nitrogens is 1. The molecule has 6 nitrogen and oxygen atoms in total. The summed E-state index contributed by atoms with van der Waals surface area (Å²) in [5.74, 6) is 1.50. The zero-order valence-corrected chi connectivity index (χ0v) is 17.7. The molecule has 1 unspecified atom stereocenters. The first-order valence-electron chi connectivity index (χ1n) is 9.66. The lowest BCUT2D eigenvalue weighted by molar-refractivity contribution is 0.0121. The Balaban J connectivity index is 1.32. The molecular formula is C23H24N2O4S. The van der Waals surface area contributed by atoms with Crippen molar-refractivity contribution < 1.29 is 19.1 Å². The first-order valence-corrected chi connectivity index (χ1v) is 10.5. The molecule has 0 saturated carbocycles. The van der Waals surface area contributed by atoms with Crippen LogP contribution in [0.2, 0.25) is 0 Å². The minimum Gasteiger partial charge on any atom is -0.497 e.